The number of para-hydroxylation sites is 1. The summed E-state index contributed by atoms with van der Waals surface area (Å²) in [5.41, 5.74) is 5.89. The van der Waals surface area contributed by atoms with Crippen LogP contribution in [-0.4, -0.2) is 18.4 Å². The molecule has 0 spiro atoms. The molecule has 0 unspecified atom stereocenters. The van der Waals surface area contributed by atoms with E-state index in [1.165, 1.54) is 6.07 Å². The Hall–Kier alpha value is -3.85. The van der Waals surface area contributed by atoms with Crippen molar-refractivity contribution in [1.82, 2.24) is 5.32 Å². The highest BCUT2D eigenvalue weighted by Crippen LogP contribution is 2.12. The van der Waals surface area contributed by atoms with E-state index in [9.17, 15) is 14.4 Å². The lowest BCUT2D eigenvalue weighted by Gasteiger charge is -2.02. The van der Waals surface area contributed by atoms with Crippen molar-refractivity contribution in [2.45, 2.75) is 0 Å². The standard InChI is InChI=1S/C20H14N2O4/c21-18(23)14-9-7-13(8-10-14)4-3-11-22-19(24)16-12-15-5-1-2-6-17(15)26-20(16)25/h1-2,5-10,12H,11H2,(H2,21,23)(H,22,24). The average molecular weight is 346 g/mol. The molecule has 0 bridgehead atoms. The van der Waals surface area contributed by atoms with E-state index in [1.54, 1.807) is 48.5 Å². The molecule has 0 saturated carbocycles. The Morgan fingerprint density at radius 2 is 1.81 bits per heavy atom. The van der Waals surface area contributed by atoms with Gasteiger partial charge in [0, 0.05) is 16.5 Å². The Balaban J connectivity index is 1.67. The summed E-state index contributed by atoms with van der Waals surface area (Å²) in [6.45, 7) is 0.0582. The first-order valence-electron chi connectivity index (χ1n) is 7.74. The molecule has 0 aliphatic rings. The molecule has 0 aliphatic carbocycles. The van der Waals surface area contributed by atoms with Gasteiger partial charge in [0.25, 0.3) is 5.91 Å². The molecule has 128 valence electrons. The van der Waals surface area contributed by atoms with Gasteiger partial charge in [-0.05, 0) is 36.4 Å². The number of carbonyl (C=O) groups is 2. The van der Waals surface area contributed by atoms with Crippen LogP contribution in [0.1, 0.15) is 26.3 Å². The minimum Gasteiger partial charge on any atom is -0.422 e. The number of fused-ring (bicyclic) bond motifs is 1. The predicted molar refractivity (Wildman–Crippen MR) is 96.7 cm³/mol. The molecule has 0 aliphatic heterocycles. The molecule has 1 aromatic heterocycles. The first-order valence-corrected chi connectivity index (χ1v) is 7.74. The molecule has 6 nitrogen and oxygen atoms in total. The lowest BCUT2D eigenvalue weighted by Crippen LogP contribution is -2.28. The highest BCUT2D eigenvalue weighted by atomic mass is 16.4. The summed E-state index contributed by atoms with van der Waals surface area (Å²) in [4.78, 5) is 35.1. The third kappa shape index (κ3) is 3.79. The Morgan fingerprint density at radius 3 is 2.54 bits per heavy atom. The van der Waals surface area contributed by atoms with E-state index in [1.807, 2.05) is 0 Å². The highest BCUT2D eigenvalue weighted by Gasteiger charge is 2.12. The quantitative estimate of drug-likeness (QED) is 0.556. The van der Waals surface area contributed by atoms with Gasteiger partial charge < -0.3 is 15.5 Å². The van der Waals surface area contributed by atoms with E-state index in [0.717, 1.165) is 0 Å². The average Bonchev–Trinajstić information content (AvgIpc) is 2.64. The zero-order valence-corrected chi connectivity index (χ0v) is 13.6. The lowest BCUT2D eigenvalue weighted by atomic mass is 10.1. The number of hydrogen-bond donors (Lipinski definition) is 2. The molecule has 3 N–H and O–H groups in total. The number of primary amides is 1. The van der Waals surface area contributed by atoms with Crippen LogP contribution in [-0.2, 0) is 0 Å². The second kappa shape index (κ2) is 7.36. The Kier molecular flexibility index (Phi) is 4.81. The number of hydrogen-bond acceptors (Lipinski definition) is 4. The largest absolute Gasteiger partial charge is 0.422 e. The van der Waals surface area contributed by atoms with Gasteiger partial charge in [-0.2, -0.15) is 0 Å². The molecule has 6 heteroatoms. The molecule has 3 aromatic rings. The van der Waals surface area contributed by atoms with E-state index in [4.69, 9.17) is 10.2 Å². The van der Waals surface area contributed by atoms with Crippen LogP contribution < -0.4 is 16.7 Å². The van der Waals surface area contributed by atoms with Gasteiger partial charge in [0.05, 0.1) is 6.54 Å². The zero-order chi connectivity index (χ0) is 18.5. The van der Waals surface area contributed by atoms with Gasteiger partial charge in [-0.25, -0.2) is 4.79 Å². The van der Waals surface area contributed by atoms with Gasteiger partial charge in [0.15, 0.2) is 0 Å². The first-order chi connectivity index (χ1) is 12.5. The molecule has 0 atom stereocenters. The van der Waals surface area contributed by atoms with Crippen LogP contribution in [0.4, 0.5) is 0 Å². The van der Waals surface area contributed by atoms with Crippen molar-refractivity contribution in [3.8, 4) is 11.8 Å². The third-order valence-corrected chi connectivity index (χ3v) is 3.63. The predicted octanol–water partition coefficient (Wildman–Crippen LogP) is 1.67. The summed E-state index contributed by atoms with van der Waals surface area (Å²) in [6.07, 6.45) is 0. The Morgan fingerprint density at radius 1 is 1.08 bits per heavy atom. The highest BCUT2D eigenvalue weighted by molar-refractivity contribution is 5.96. The normalized spacial score (nSPS) is 10.0. The second-order valence-electron chi connectivity index (χ2n) is 5.41. The van der Waals surface area contributed by atoms with Crippen LogP contribution in [0.3, 0.4) is 0 Å². The van der Waals surface area contributed by atoms with E-state index in [-0.39, 0.29) is 12.1 Å². The lowest BCUT2D eigenvalue weighted by molar-refractivity contribution is 0.0953. The summed E-state index contributed by atoms with van der Waals surface area (Å²) in [5, 5.41) is 3.22. The SMILES string of the molecule is NC(=O)c1ccc(C#CCNC(=O)c2cc3ccccc3oc2=O)cc1. The monoisotopic (exact) mass is 346 g/mol. The molecule has 0 fully saturated rings. The number of carbonyl (C=O) groups excluding carboxylic acids is 2. The van der Waals surface area contributed by atoms with Crippen LogP contribution in [0.2, 0.25) is 0 Å². The summed E-state index contributed by atoms with van der Waals surface area (Å²) >= 11 is 0. The number of nitrogens with two attached hydrogens (primary N) is 1. The fourth-order valence-electron chi connectivity index (χ4n) is 2.30. The van der Waals surface area contributed by atoms with E-state index in [2.05, 4.69) is 17.2 Å². The maximum absolute atomic E-state index is 12.1. The zero-order valence-electron chi connectivity index (χ0n) is 13.6. The molecule has 3 rings (SSSR count). The number of benzene rings is 2. The van der Waals surface area contributed by atoms with Gasteiger partial charge in [0.2, 0.25) is 5.91 Å². The minimum atomic E-state index is -0.698. The van der Waals surface area contributed by atoms with Gasteiger partial charge in [0.1, 0.15) is 11.1 Å². The molecule has 1 heterocycles. The summed E-state index contributed by atoms with van der Waals surface area (Å²) in [6, 6.07) is 14.9. The van der Waals surface area contributed by atoms with Crippen LogP contribution in [0.25, 0.3) is 11.0 Å². The van der Waals surface area contributed by atoms with Crippen molar-refractivity contribution < 1.29 is 14.0 Å². The van der Waals surface area contributed by atoms with E-state index < -0.39 is 17.4 Å². The van der Waals surface area contributed by atoms with E-state index >= 15 is 0 Å². The van der Waals surface area contributed by atoms with Crippen LogP contribution in [0, 0.1) is 11.8 Å². The van der Waals surface area contributed by atoms with Gasteiger partial charge in [-0.3, -0.25) is 9.59 Å². The molecule has 2 aromatic carbocycles. The smallest absolute Gasteiger partial charge is 0.349 e. The van der Waals surface area contributed by atoms with Crippen molar-refractivity contribution in [3.05, 3.63) is 81.7 Å². The maximum Gasteiger partial charge on any atom is 0.349 e. The molecule has 2 amide bonds. The van der Waals surface area contributed by atoms with Gasteiger partial charge in [-0.1, -0.05) is 30.0 Å². The first kappa shape index (κ1) is 17.0. The Labute approximate surface area is 148 Å². The topological polar surface area (TPSA) is 102 Å². The summed E-state index contributed by atoms with van der Waals surface area (Å²) < 4.78 is 5.13. The van der Waals surface area contributed by atoms with Crippen LogP contribution in [0.15, 0.2) is 63.8 Å². The molecule has 0 saturated heterocycles. The number of rotatable bonds is 3. The fourth-order valence-corrected chi connectivity index (χ4v) is 2.30. The van der Waals surface area contributed by atoms with Crippen molar-refractivity contribution in [2.24, 2.45) is 5.73 Å². The van der Waals surface area contributed by atoms with Crippen LogP contribution in [0.5, 0.6) is 0 Å². The summed E-state index contributed by atoms with van der Waals surface area (Å²) in [5.74, 6) is 4.56. The molecular formula is C20H14N2O4. The van der Waals surface area contributed by atoms with Crippen molar-refractivity contribution in [2.75, 3.05) is 6.54 Å². The number of nitrogens with one attached hydrogen (secondary N) is 1. The van der Waals surface area contributed by atoms with Crippen molar-refractivity contribution in [3.63, 3.8) is 0 Å². The second-order valence-corrected chi connectivity index (χ2v) is 5.41. The van der Waals surface area contributed by atoms with Crippen LogP contribution >= 0.6 is 0 Å². The fraction of sp³-hybridized carbons (Fsp3) is 0.0500. The Bertz CT molecular complexity index is 1100. The van der Waals surface area contributed by atoms with Gasteiger partial charge in [-0.15, -0.1) is 0 Å². The maximum atomic E-state index is 12.1. The number of amides is 2. The van der Waals surface area contributed by atoms with Crippen molar-refractivity contribution >= 4 is 22.8 Å². The van der Waals surface area contributed by atoms with Crippen molar-refractivity contribution in [1.29, 1.82) is 0 Å². The third-order valence-electron chi connectivity index (χ3n) is 3.63. The minimum absolute atomic E-state index is 0.0582. The molecule has 26 heavy (non-hydrogen) atoms. The van der Waals surface area contributed by atoms with E-state index in [0.29, 0.717) is 22.1 Å². The molecular weight excluding hydrogens is 332 g/mol. The summed E-state index contributed by atoms with van der Waals surface area (Å²) in [7, 11) is 0. The van der Waals surface area contributed by atoms with Gasteiger partial charge >= 0.3 is 5.63 Å². The molecule has 0 radical (unpaired) electrons.